The summed E-state index contributed by atoms with van der Waals surface area (Å²) >= 11 is 0. The molecule has 0 saturated carbocycles. The molecule has 0 aromatic carbocycles. The van der Waals surface area contributed by atoms with Crippen LogP contribution in [-0.4, -0.2) is 24.4 Å². The maximum Gasteiger partial charge on any atom is 0.0762 e. The fraction of sp³-hybridized carbons (Fsp3) is 1.00. The molecular weight excluding hydrogens is 162 g/mol. The molecule has 0 aliphatic carbocycles. The third-order valence-electron chi connectivity index (χ3n) is 3.75. The largest absolute Gasteiger partial charge is 0.296 e. The Labute approximate surface area is 79.7 Å². The van der Waals surface area contributed by atoms with Gasteiger partial charge in [0.2, 0.25) is 0 Å². The van der Waals surface area contributed by atoms with Crippen molar-refractivity contribution in [2.24, 2.45) is 0 Å². The van der Waals surface area contributed by atoms with Gasteiger partial charge in [0.05, 0.1) is 11.8 Å². The van der Waals surface area contributed by atoms with Gasteiger partial charge >= 0.3 is 0 Å². The Morgan fingerprint density at radius 1 is 1.23 bits per heavy atom. The number of piperidine rings is 1. The van der Waals surface area contributed by atoms with E-state index in [1.165, 1.54) is 38.5 Å². The molecule has 3 saturated heterocycles. The third-order valence-corrected chi connectivity index (χ3v) is 3.75. The number of rotatable bonds is 2. The lowest BCUT2D eigenvalue weighted by molar-refractivity contribution is 0.151. The number of nitrogens with zero attached hydrogens (tertiary/aromatic N) is 1. The van der Waals surface area contributed by atoms with E-state index in [1.54, 1.807) is 0 Å². The van der Waals surface area contributed by atoms with Gasteiger partial charge in [-0.1, -0.05) is 0 Å². The van der Waals surface area contributed by atoms with E-state index in [-0.39, 0.29) is 5.66 Å². The van der Waals surface area contributed by atoms with Crippen molar-refractivity contribution in [3.8, 4) is 0 Å². The van der Waals surface area contributed by atoms with Gasteiger partial charge in [0.25, 0.3) is 0 Å². The second-order valence-electron chi connectivity index (χ2n) is 4.71. The van der Waals surface area contributed by atoms with Crippen LogP contribution in [0.2, 0.25) is 0 Å². The molecule has 3 aliphatic rings. The van der Waals surface area contributed by atoms with Gasteiger partial charge in [-0.3, -0.25) is 10.6 Å². The smallest absolute Gasteiger partial charge is 0.0762 e. The number of fused-ring (bicyclic) bond motifs is 2. The molecule has 3 rings (SSSR count). The first-order chi connectivity index (χ1) is 6.36. The molecule has 3 heteroatoms. The second-order valence-corrected chi connectivity index (χ2v) is 4.71. The minimum absolute atomic E-state index is 0.275. The van der Waals surface area contributed by atoms with Crippen LogP contribution in [0, 0.1) is 0 Å². The van der Waals surface area contributed by atoms with Crippen molar-refractivity contribution in [1.82, 2.24) is 16.0 Å². The van der Waals surface area contributed by atoms with Crippen molar-refractivity contribution in [3.63, 3.8) is 0 Å². The highest BCUT2D eigenvalue weighted by Crippen LogP contribution is 2.34. The van der Waals surface area contributed by atoms with Gasteiger partial charge < -0.3 is 0 Å². The molecule has 13 heavy (non-hydrogen) atoms. The van der Waals surface area contributed by atoms with E-state index in [2.05, 4.69) is 16.0 Å². The summed E-state index contributed by atoms with van der Waals surface area (Å²) in [6, 6.07) is 0.793. The maximum absolute atomic E-state index is 4.42. The summed E-state index contributed by atoms with van der Waals surface area (Å²) in [6.45, 7) is 1.07. The fourth-order valence-electron chi connectivity index (χ4n) is 2.90. The van der Waals surface area contributed by atoms with Crippen LogP contribution in [0.5, 0.6) is 0 Å². The van der Waals surface area contributed by atoms with E-state index in [9.17, 15) is 0 Å². The van der Waals surface area contributed by atoms with E-state index < -0.39 is 0 Å². The van der Waals surface area contributed by atoms with E-state index in [1.807, 2.05) is 0 Å². The van der Waals surface area contributed by atoms with Crippen LogP contribution >= 0.6 is 0 Å². The number of nitrogens with one attached hydrogen (secondary N) is 2. The Bertz CT molecular complexity index is 198. The Balaban J connectivity index is 1.65. The van der Waals surface area contributed by atoms with Crippen molar-refractivity contribution < 1.29 is 0 Å². The number of hydrogen-bond donors (Lipinski definition) is 2. The fourth-order valence-corrected chi connectivity index (χ4v) is 2.90. The summed E-state index contributed by atoms with van der Waals surface area (Å²) < 4.78 is 0. The highest BCUT2D eigenvalue weighted by atomic mass is 15.3. The Morgan fingerprint density at radius 2 is 2.15 bits per heavy atom. The second kappa shape index (κ2) is 2.94. The summed E-state index contributed by atoms with van der Waals surface area (Å²) in [7, 11) is 0. The van der Waals surface area contributed by atoms with Crippen molar-refractivity contribution in [3.05, 3.63) is 0 Å². The molecule has 3 nitrogen and oxygen atoms in total. The normalized spacial score (nSPS) is 48.9. The maximum atomic E-state index is 4.42. The first-order valence-corrected chi connectivity index (χ1v) is 5.58. The topological polar surface area (TPSA) is 38.2 Å². The molecule has 3 fully saturated rings. The molecule has 3 heterocycles. The van der Waals surface area contributed by atoms with Gasteiger partial charge in [0, 0.05) is 12.6 Å². The summed E-state index contributed by atoms with van der Waals surface area (Å²) in [5, 5.41) is 11.8. The minimum Gasteiger partial charge on any atom is -0.296 e. The summed E-state index contributed by atoms with van der Waals surface area (Å²) in [5.41, 5.74) is 0.275. The van der Waals surface area contributed by atoms with Crippen LogP contribution in [0.25, 0.3) is 0 Å². The standard InChI is InChI=1S/C10H18N3/c1-2-8-3-6-10(5-1,12-8)13-9-4-7-11-9/h8-9,12-13H,1-7H2. The zero-order valence-corrected chi connectivity index (χ0v) is 8.05. The number of hydrogen-bond acceptors (Lipinski definition) is 2. The lowest BCUT2D eigenvalue weighted by Gasteiger charge is -2.41. The van der Waals surface area contributed by atoms with Gasteiger partial charge in [-0.25, -0.2) is 5.32 Å². The molecule has 3 unspecified atom stereocenters. The molecule has 3 atom stereocenters. The predicted octanol–water partition coefficient (Wildman–Crippen LogP) is 0.542. The molecule has 73 valence electrons. The van der Waals surface area contributed by atoms with Gasteiger partial charge in [0.1, 0.15) is 0 Å². The molecule has 3 aliphatic heterocycles. The van der Waals surface area contributed by atoms with Crippen LogP contribution in [0.15, 0.2) is 0 Å². The average Bonchev–Trinajstić information content (AvgIpc) is 2.36. The quantitative estimate of drug-likeness (QED) is 0.651. The molecule has 2 N–H and O–H groups in total. The highest BCUT2D eigenvalue weighted by molar-refractivity contribution is 5.01. The molecule has 2 bridgehead atoms. The average molecular weight is 180 g/mol. The molecule has 1 radical (unpaired) electrons. The first kappa shape index (κ1) is 8.21. The van der Waals surface area contributed by atoms with Gasteiger partial charge in [-0.05, 0) is 38.5 Å². The zero-order valence-electron chi connectivity index (χ0n) is 8.05. The summed E-state index contributed by atoms with van der Waals surface area (Å²) in [5.74, 6) is 0. The Hall–Kier alpha value is -0.120. The molecule has 0 aromatic heterocycles. The van der Waals surface area contributed by atoms with Crippen LogP contribution in [0.1, 0.15) is 38.5 Å². The van der Waals surface area contributed by atoms with Gasteiger partial charge in [-0.15, -0.1) is 0 Å². The highest BCUT2D eigenvalue weighted by Gasteiger charge is 2.43. The van der Waals surface area contributed by atoms with Crippen molar-refractivity contribution >= 4 is 0 Å². The molecule has 0 spiro atoms. The third kappa shape index (κ3) is 1.39. The van der Waals surface area contributed by atoms with Crippen LogP contribution in [0.4, 0.5) is 0 Å². The van der Waals surface area contributed by atoms with Crippen molar-refractivity contribution in [1.29, 1.82) is 0 Å². The monoisotopic (exact) mass is 180 g/mol. The Kier molecular flexibility index (Phi) is 1.86. The van der Waals surface area contributed by atoms with E-state index in [0.717, 1.165) is 12.6 Å². The predicted molar refractivity (Wildman–Crippen MR) is 51.3 cm³/mol. The van der Waals surface area contributed by atoms with Gasteiger partial charge in [0.15, 0.2) is 0 Å². The summed E-state index contributed by atoms with van der Waals surface area (Å²) in [4.78, 5) is 0. The van der Waals surface area contributed by atoms with Crippen molar-refractivity contribution in [2.75, 3.05) is 6.54 Å². The zero-order chi connectivity index (χ0) is 8.73. The Morgan fingerprint density at radius 3 is 2.92 bits per heavy atom. The first-order valence-electron chi connectivity index (χ1n) is 5.58. The molecule has 0 amide bonds. The lowest BCUT2D eigenvalue weighted by atomic mass is 9.98. The van der Waals surface area contributed by atoms with Crippen LogP contribution < -0.4 is 16.0 Å². The SMILES string of the molecule is C1CC2CCC(NC3CC[N]3)(C1)N2. The van der Waals surface area contributed by atoms with Crippen LogP contribution in [0.3, 0.4) is 0 Å². The molecule has 0 aromatic rings. The van der Waals surface area contributed by atoms with E-state index in [4.69, 9.17) is 0 Å². The summed E-state index contributed by atoms with van der Waals surface area (Å²) in [6.07, 6.45) is 8.44. The van der Waals surface area contributed by atoms with Crippen molar-refractivity contribution in [2.45, 2.75) is 56.4 Å². The minimum atomic E-state index is 0.275. The van der Waals surface area contributed by atoms with E-state index in [0.29, 0.717) is 6.17 Å². The van der Waals surface area contributed by atoms with Crippen LogP contribution in [-0.2, 0) is 0 Å². The van der Waals surface area contributed by atoms with E-state index >= 15 is 0 Å². The lowest BCUT2D eigenvalue weighted by Crippen LogP contribution is -2.64. The molecular formula is C10H18N3. The van der Waals surface area contributed by atoms with Gasteiger partial charge in [-0.2, -0.15) is 0 Å².